The Morgan fingerprint density at radius 1 is 0.571 bits per heavy atom. The summed E-state index contributed by atoms with van der Waals surface area (Å²) in [6.45, 7) is 0. The maximum absolute atomic E-state index is 14.1. The van der Waals surface area contributed by atoms with Crippen LogP contribution in [0.15, 0.2) is 119 Å². The minimum atomic E-state index is -0.457. The van der Waals surface area contributed by atoms with Crippen molar-refractivity contribution in [3.05, 3.63) is 130 Å². The van der Waals surface area contributed by atoms with Crippen molar-refractivity contribution < 1.29 is 0 Å². The highest BCUT2D eigenvalue weighted by Gasteiger charge is 2.23. The molecule has 3 heterocycles. The zero-order valence-corrected chi connectivity index (χ0v) is 18.5. The zero-order chi connectivity index (χ0) is 23.5. The SMILES string of the molecule is O=c1c2ccccc2nc2c3c4ccccc4n(-c4ccccc4)c3n(-c3ccccc3)c(=O)n12. The Bertz CT molecular complexity index is 2040. The lowest BCUT2D eigenvalue weighted by Gasteiger charge is -2.15. The molecule has 4 aromatic carbocycles. The summed E-state index contributed by atoms with van der Waals surface area (Å²) in [5, 5.41) is 2.07. The molecular weight excluding hydrogens is 436 g/mol. The molecule has 0 radical (unpaired) electrons. The largest absolute Gasteiger partial charge is 0.343 e. The van der Waals surface area contributed by atoms with Crippen LogP contribution in [0.5, 0.6) is 0 Å². The van der Waals surface area contributed by atoms with Gasteiger partial charge in [0.05, 0.1) is 27.5 Å². The number of fused-ring (bicyclic) bond motifs is 6. The molecule has 0 aliphatic rings. The van der Waals surface area contributed by atoms with Crippen molar-refractivity contribution in [1.82, 2.24) is 18.5 Å². The molecule has 0 saturated carbocycles. The molecule has 6 nitrogen and oxygen atoms in total. The lowest BCUT2D eigenvalue weighted by molar-refractivity contribution is 0.867. The molecule has 0 atom stereocenters. The van der Waals surface area contributed by atoms with Crippen LogP contribution in [-0.4, -0.2) is 18.5 Å². The Balaban J connectivity index is 1.86. The average Bonchev–Trinajstić information content (AvgIpc) is 3.25. The van der Waals surface area contributed by atoms with Gasteiger partial charge in [-0.05, 0) is 42.5 Å². The predicted octanol–water partition coefficient (Wildman–Crippen LogP) is 5.10. The monoisotopic (exact) mass is 454 g/mol. The van der Waals surface area contributed by atoms with Gasteiger partial charge in [0.2, 0.25) is 0 Å². The summed E-state index contributed by atoms with van der Waals surface area (Å²) >= 11 is 0. The molecule has 7 rings (SSSR count). The third kappa shape index (κ3) is 2.68. The topological polar surface area (TPSA) is 61.3 Å². The summed E-state index contributed by atoms with van der Waals surface area (Å²) in [7, 11) is 0. The minimum absolute atomic E-state index is 0.353. The highest BCUT2D eigenvalue weighted by Crippen LogP contribution is 2.34. The van der Waals surface area contributed by atoms with Gasteiger partial charge in [0.1, 0.15) is 5.65 Å². The van der Waals surface area contributed by atoms with Crippen molar-refractivity contribution in [2.24, 2.45) is 0 Å². The van der Waals surface area contributed by atoms with E-state index in [1.165, 1.54) is 4.40 Å². The number of nitrogens with zero attached hydrogens (tertiary/aromatic N) is 4. The van der Waals surface area contributed by atoms with Gasteiger partial charge in [-0.15, -0.1) is 0 Å². The molecule has 0 spiro atoms. The van der Waals surface area contributed by atoms with Gasteiger partial charge in [-0.1, -0.05) is 66.7 Å². The van der Waals surface area contributed by atoms with Crippen LogP contribution in [0.3, 0.4) is 0 Å². The molecule has 3 aromatic heterocycles. The summed E-state index contributed by atoms with van der Waals surface area (Å²) in [6.07, 6.45) is 0. The molecule has 7 aromatic rings. The van der Waals surface area contributed by atoms with E-state index in [1.54, 1.807) is 16.7 Å². The quantitative estimate of drug-likeness (QED) is 0.342. The number of benzene rings is 4. The van der Waals surface area contributed by atoms with Crippen LogP contribution in [0.25, 0.3) is 49.9 Å². The van der Waals surface area contributed by atoms with Crippen LogP contribution in [-0.2, 0) is 0 Å². The summed E-state index contributed by atoms with van der Waals surface area (Å²) in [5.41, 5.74) is 3.25. The summed E-state index contributed by atoms with van der Waals surface area (Å²) in [6, 6.07) is 34.5. The van der Waals surface area contributed by atoms with E-state index in [2.05, 4.69) is 4.57 Å². The lowest BCUT2D eigenvalue weighted by Crippen LogP contribution is -2.35. The van der Waals surface area contributed by atoms with Crippen molar-refractivity contribution in [2.75, 3.05) is 0 Å². The Kier molecular flexibility index (Phi) is 4.05. The first kappa shape index (κ1) is 19.5. The van der Waals surface area contributed by atoms with Gasteiger partial charge in [0, 0.05) is 11.1 Å². The number of para-hydroxylation sites is 4. The molecule has 0 N–H and O–H groups in total. The Morgan fingerprint density at radius 2 is 1.14 bits per heavy atom. The summed E-state index contributed by atoms with van der Waals surface area (Å²) in [5.74, 6) is 0. The highest BCUT2D eigenvalue weighted by atomic mass is 16.2. The Hall–Kier alpha value is -4.97. The standard InChI is InChI=1S/C29H18N4O2/c34-28-21-15-7-9-17-23(21)30-26-25-22-16-8-10-18-24(22)31(19-11-3-1-4-12-19)27(25)32(29(35)33(26)28)20-13-5-2-6-14-20/h1-18H. The second-order valence-corrected chi connectivity index (χ2v) is 8.43. The average molecular weight is 454 g/mol. The van der Waals surface area contributed by atoms with E-state index in [9.17, 15) is 9.59 Å². The maximum atomic E-state index is 14.1. The molecule has 0 bridgehead atoms. The van der Waals surface area contributed by atoms with E-state index in [0.717, 1.165) is 22.0 Å². The number of aromatic nitrogens is 4. The third-order valence-electron chi connectivity index (χ3n) is 6.47. The smallest absolute Gasteiger partial charge is 0.295 e. The van der Waals surface area contributed by atoms with Gasteiger partial charge in [-0.3, -0.25) is 9.36 Å². The summed E-state index contributed by atoms with van der Waals surface area (Å²) < 4.78 is 4.90. The number of hydrogen-bond donors (Lipinski definition) is 0. The van der Waals surface area contributed by atoms with E-state index >= 15 is 0 Å². The molecule has 0 fully saturated rings. The Morgan fingerprint density at radius 3 is 1.86 bits per heavy atom. The van der Waals surface area contributed by atoms with Crippen molar-refractivity contribution in [1.29, 1.82) is 0 Å². The second kappa shape index (κ2) is 7.27. The van der Waals surface area contributed by atoms with Gasteiger partial charge in [0.25, 0.3) is 5.56 Å². The van der Waals surface area contributed by atoms with Gasteiger partial charge in [-0.25, -0.2) is 18.7 Å². The van der Waals surface area contributed by atoms with Crippen LogP contribution in [0.1, 0.15) is 0 Å². The van der Waals surface area contributed by atoms with Crippen LogP contribution >= 0.6 is 0 Å². The van der Waals surface area contributed by atoms with E-state index in [-0.39, 0.29) is 5.56 Å². The van der Waals surface area contributed by atoms with Crippen molar-refractivity contribution >= 4 is 38.5 Å². The fourth-order valence-electron chi connectivity index (χ4n) is 4.98. The van der Waals surface area contributed by atoms with E-state index in [1.807, 2.05) is 97.1 Å². The normalized spacial score (nSPS) is 11.7. The van der Waals surface area contributed by atoms with Crippen LogP contribution in [0.2, 0.25) is 0 Å². The Labute approximate surface area is 198 Å². The molecule has 0 amide bonds. The summed E-state index contributed by atoms with van der Waals surface area (Å²) in [4.78, 5) is 32.6. The number of hydrogen-bond acceptors (Lipinski definition) is 3. The first-order valence-electron chi connectivity index (χ1n) is 11.3. The molecule has 0 saturated heterocycles. The molecule has 35 heavy (non-hydrogen) atoms. The van der Waals surface area contributed by atoms with Crippen molar-refractivity contribution in [3.8, 4) is 11.4 Å². The molecule has 6 heteroatoms. The van der Waals surface area contributed by atoms with Crippen molar-refractivity contribution in [3.63, 3.8) is 0 Å². The highest BCUT2D eigenvalue weighted by molar-refractivity contribution is 6.14. The van der Waals surface area contributed by atoms with E-state index < -0.39 is 5.69 Å². The molecule has 0 aliphatic carbocycles. The van der Waals surface area contributed by atoms with Gasteiger partial charge in [0.15, 0.2) is 5.65 Å². The van der Waals surface area contributed by atoms with Gasteiger partial charge in [-0.2, -0.15) is 0 Å². The fraction of sp³-hybridized carbons (Fsp3) is 0. The molecule has 166 valence electrons. The molecule has 0 unspecified atom stereocenters. The van der Waals surface area contributed by atoms with Crippen molar-refractivity contribution in [2.45, 2.75) is 0 Å². The molecular formula is C29H18N4O2. The first-order valence-corrected chi connectivity index (χ1v) is 11.3. The van der Waals surface area contributed by atoms with Crippen LogP contribution < -0.4 is 11.2 Å². The first-order chi connectivity index (χ1) is 17.2. The third-order valence-corrected chi connectivity index (χ3v) is 6.47. The van der Waals surface area contributed by atoms with E-state index in [0.29, 0.717) is 27.9 Å². The fourth-order valence-corrected chi connectivity index (χ4v) is 4.98. The van der Waals surface area contributed by atoms with Gasteiger partial charge >= 0.3 is 5.69 Å². The predicted molar refractivity (Wildman–Crippen MR) is 139 cm³/mol. The lowest BCUT2D eigenvalue weighted by atomic mass is 10.2. The van der Waals surface area contributed by atoms with E-state index in [4.69, 9.17) is 4.98 Å². The molecule has 0 aliphatic heterocycles. The minimum Gasteiger partial charge on any atom is -0.295 e. The number of rotatable bonds is 2. The maximum Gasteiger partial charge on any atom is 0.343 e. The van der Waals surface area contributed by atoms with Crippen LogP contribution in [0.4, 0.5) is 0 Å². The van der Waals surface area contributed by atoms with Crippen LogP contribution in [0, 0.1) is 0 Å². The zero-order valence-electron chi connectivity index (χ0n) is 18.5. The van der Waals surface area contributed by atoms with Gasteiger partial charge < -0.3 is 0 Å². The second-order valence-electron chi connectivity index (χ2n) is 8.43.